The van der Waals surface area contributed by atoms with Crippen molar-refractivity contribution in [1.29, 1.82) is 0 Å². The second-order valence-electron chi connectivity index (χ2n) is 8.53. The highest BCUT2D eigenvalue weighted by molar-refractivity contribution is 7.99. The van der Waals surface area contributed by atoms with Crippen molar-refractivity contribution >= 4 is 50.6 Å². The van der Waals surface area contributed by atoms with Crippen LogP contribution in [0.15, 0.2) is 87.6 Å². The minimum absolute atomic E-state index is 0.110. The van der Waals surface area contributed by atoms with Gasteiger partial charge in [-0.2, -0.15) is 0 Å². The van der Waals surface area contributed by atoms with E-state index in [9.17, 15) is 28.5 Å². The van der Waals surface area contributed by atoms with E-state index in [2.05, 4.69) is 10.3 Å². The molecule has 2 heterocycles. The van der Waals surface area contributed by atoms with E-state index in [-0.39, 0.29) is 33.7 Å². The number of rotatable bonds is 7. The van der Waals surface area contributed by atoms with Crippen LogP contribution < -0.4 is 10.9 Å². The molecule has 5 rings (SSSR count). The van der Waals surface area contributed by atoms with Crippen molar-refractivity contribution in [3.63, 3.8) is 0 Å². The molecule has 0 saturated heterocycles. The lowest BCUT2D eigenvalue weighted by molar-refractivity contribution is -0.385. The number of anilines is 1. The van der Waals surface area contributed by atoms with Crippen LogP contribution in [0, 0.1) is 28.7 Å². The van der Waals surface area contributed by atoms with Crippen LogP contribution in [0.4, 0.5) is 20.2 Å². The molecule has 0 aliphatic carbocycles. The molecule has 0 aliphatic rings. The van der Waals surface area contributed by atoms with Gasteiger partial charge in [0.1, 0.15) is 16.5 Å². The van der Waals surface area contributed by atoms with Crippen molar-refractivity contribution in [2.45, 2.75) is 23.3 Å². The zero-order valence-electron chi connectivity index (χ0n) is 20.2. The summed E-state index contributed by atoms with van der Waals surface area (Å²) in [6.45, 7) is 1.74. The van der Waals surface area contributed by atoms with Gasteiger partial charge >= 0.3 is 0 Å². The molecule has 0 saturated carbocycles. The molecule has 0 spiro atoms. The van der Waals surface area contributed by atoms with Crippen LogP contribution in [-0.2, 0) is 6.54 Å². The SMILES string of the molecule is Cc1c(C(=O)Nc2cc(Sc3ccc(F)cc3)cc([N+](=O)[O-])c2)sc2ncn(Cc3cccc(F)c3)c(=O)c12. The first-order valence-corrected chi connectivity index (χ1v) is 13.1. The fraction of sp³-hybridized carbons (Fsp3) is 0.0741. The normalized spacial score (nSPS) is 11.1. The Hall–Kier alpha value is -4.42. The molecule has 0 atom stereocenters. The van der Waals surface area contributed by atoms with Gasteiger partial charge in [-0.3, -0.25) is 24.3 Å². The minimum Gasteiger partial charge on any atom is -0.321 e. The Morgan fingerprint density at radius 2 is 1.85 bits per heavy atom. The van der Waals surface area contributed by atoms with Gasteiger partial charge in [-0.25, -0.2) is 13.8 Å². The minimum atomic E-state index is -0.569. The topological polar surface area (TPSA) is 107 Å². The lowest BCUT2D eigenvalue weighted by Crippen LogP contribution is -2.21. The number of nitrogens with one attached hydrogen (secondary N) is 1. The number of nitro benzene ring substituents is 1. The lowest BCUT2D eigenvalue weighted by Gasteiger charge is -2.08. The second kappa shape index (κ2) is 10.8. The number of hydrogen-bond acceptors (Lipinski definition) is 7. The van der Waals surface area contributed by atoms with E-state index in [1.807, 2.05) is 0 Å². The van der Waals surface area contributed by atoms with Crippen molar-refractivity contribution in [2.75, 3.05) is 5.32 Å². The summed E-state index contributed by atoms with van der Waals surface area (Å²) >= 11 is 2.21. The van der Waals surface area contributed by atoms with Gasteiger partial charge in [-0.05, 0) is 60.5 Å². The van der Waals surface area contributed by atoms with Crippen LogP contribution in [-0.4, -0.2) is 20.4 Å². The van der Waals surface area contributed by atoms with Gasteiger partial charge < -0.3 is 5.32 Å². The molecular formula is C27H18F2N4O4S2. The summed E-state index contributed by atoms with van der Waals surface area (Å²) < 4.78 is 28.2. The maximum atomic E-state index is 13.6. The Bertz CT molecular complexity index is 1800. The predicted molar refractivity (Wildman–Crippen MR) is 146 cm³/mol. The number of carbonyl (C=O) groups is 1. The predicted octanol–water partition coefficient (Wildman–Crippen LogP) is 6.40. The lowest BCUT2D eigenvalue weighted by atomic mass is 10.2. The summed E-state index contributed by atoms with van der Waals surface area (Å²) in [4.78, 5) is 43.4. The number of amides is 1. The number of hydrogen-bond donors (Lipinski definition) is 1. The van der Waals surface area contributed by atoms with Crippen molar-refractivity contribution in [3.8, 4) is 0 Å². The Labute approximate surface area is 228 Å². The van der Waals surface area contributed by atoms with E-state index in [0.29, 0.717) is 25.7 Å². The number of halogens is 2. The van der Waals surface area contributed by atoms with Crippen molar-refractivity contribution in [1.82, 2.24) is 9.55 Å². The van der Waals surface area contributed by atoms with Crippen molar-refractivity contribution in [3.05, 3.63) is 121 Å². The first kappa shape index (κ1) is 26.2. The fourth-order valence-corrected chi connectivity index (χ4v) is 5.91. The van der Waals surface area contributed by atoms with E-state index in [4.69, 9.17) is 0 Å². The third-order valence-electron chi connectivity index (χ3n) is 5.77. The van der Waals surface area contributed by atoms with Gasteiger partial charge in [0.05, 0.1) is 28.1 Å². The summed E-state index contributed by atoms with van der Waals surface area (Å²) in [5.41, 5.74) is 0.596. The zero-order valence-corrected chi connectivity index (χ0v) is 21.8. The maximum absolute atomic E-state index is 13.6. The third kappa shape index (κ3) is 5.71. The van der Waals surface area contributed by atoms with E-state index in [1.165, 1.54) is 59.1 Å². The average Bonchev–Trinajstić information content (AvgIpc) is 3.24. The number of benzene rings is 3. The van der Waals surface area contributed by atoms with Crippen molar-refractivity contribution in [2.24, 2.45) is 0 Å². The van der Waals surface area contributed by atoms with Crippen LogP contribution in [0.3, 0.4) is 0 Å². The van der Waals surface area contributed by atoms with E-state index < -0.39 is 22.5 Å². The summed E-state index contributed by atoms with van der Waals surface area (Å²) in [5.74, 6) is -1.37. The number of carbonyl (C=O) groups excluding carboxylic acids is 1. The highest BCUT2D eigenvalue weighted by Crippen LogP contribution is 2.34. The Morgan fingerprint density at radius 1 is 1.08 bits per heavy atom. The number of thiophene rings is 1. The molecule has 12 heteroatoms. The number of nitrogens with zero attached hydrogens (tertiary/aromatic N) is 3. The molecule has 0 bridgehead atoms. The molecule has 0 fully saturated rings. The number of aryl methyl sites for hydroxylation is 1. The van der Waals surface area contributed by atoms with Crippen LogP contribution in [0.1, 0.15) is 20.8 Å². The summed E-state index contributed by atoms with van der Waals surface area (Å²) in [6.07, 6.45) is 1.35. The fourth-order valence-electron chi connectivity index (χ4n) is 3.97. The number of fused-ring (bicyclic) bond motifs is 1. The Kier molecular flexibility index (Phi) is 7.22. The Balaban J connectivity index is 1.44. The van der Waals surface area contributed by atoms with Gasteiger partial charge in [0.15, 0.2) is 0 Å². The monoisotopic (exact) mass is 564 g/mol. The zero-order chi connectivity index (χ0) is 27.7. The summed E-state index contributed by atoms with van der Waals surface area (Å²) in [5, 5.41) is 14.5. The molecule has 0 radical (unpaired) electrons. The third-order valence-corrected chi connectivity index (χ3v) is 7.95. The quantitative estimate of drug-likeness (QED) is 0.181. The molecule has 1 N–H and O–H groups in total. The highest BCUT2D eigenvalue weighted by atomic mass is 32.2. The van der Waals surface area contributed by atoms with Gasteiger partial charge in [0.2, 0.25) is 0 Å². The number of non-ortho nitro benzene ring substituents is 1. The second-order valence-corrected chi connectivity index (χ2v) is 10.7. The van der Waals surface area contributed by atoms with Crippen LogP contribution in [0.25, 0.3) is 10.2 Å². The van der Waals surface area contributed by atoms with E-state index in [1.54, 1.807) is 37.3 Å². The number of aromatic nitrogens is 2. The van der Waals surface area contributed by atoms with Gasteiger partial charge in [0.25, 0.3) is 17.2 Å². The van der Waals surface area contributed by atoms with Gasteiger partial charge in [-0.1, -0.05) is 23.9 Å². The summed E-state index contributed by atoms with van der Waals surface area (Å²) in [7, 11) is 0. The summed E-state index contributed by atoms with van der Waals surface area (Å²) in [6, 6.07) is 15.7. The van der Waals surface area contributed by atoms with Crippen LogP contribution in [0.2, 0.25) is 0 Å². The molecule has 0 aliphatic heterocycles. The van der Waals surface area contributed by atoms with E-state index >= 15 is 0 Å². The van der Waals surface area contributed by atoms with Gasteiger partial charge in [0, 0.05) is 27.6 Å². The van der Waals surface area contributed by atoms with Crippen LogP contribution in [0.5, 0.6) is 0 Å². The molecule has 1 amide bonds. The standard InChI is InChI=1S/C27H18F2N4O4S2/c1-15-23-26(30-14-32(27(23)35)13-16-3-2-4-18(29)9-16)39-24(15)25(34)31-19-10-20(33(36)37)12-22(11-19)38-21-7-5-17(28)6-8-21/h2-12,14H,13H2,1H3,(H,31,34). The van der Waals surface area contributed by atoms with Gasteiger partial charge in [-0.15, -0.1) is 11.3 Å². The first-order chi connectivity index (χ1) is 18.7. The smallest absolute Gasteiger partial charge is 0.272 e. The molecule has 3 aromatic carbocycles. The molecule has 0 unspecified atom stereocenters. The molecular weight excluding hydrogens is 546 g/mol. The average molecular weight is 565 g/mol. The molecule has 2 aromatic heterocycles. The molecule has 196 valence electrons. The first-order valence-electron chi connectivity index (χ1n) is 11.4. The highest BCUT2D eigenvalue weighted by Gasteiger charge is 2.21. The molecule has 5 aromatic rings. The number of nitro groups is 1. The van der Waals surface area contributed by atoms with E-state index in [0.717, 1.165) is 11.3 Å². The molecule has 8 nitrogen and oxygen atoms in total. The van der Waals surface area contributed by atoms with Crippen LogP contribution >= 0.6 is 23.1 Å². The Morgan fingerprint density at radius 3 is 2.56 bits per heavy atom. The van der Waals surface area contributed by atoms with Crippen molar-refractivity contribution < 1.29 is 18.5 Å². The molecule has 39 heavy (non-hydrogen) atoms. The largest absolute Gasteiger partial charge is 0.321 e. The maximum Gasteiger partial charge on any atom is 0.272 e.